The molecule has 0 saturated carbocycles. The summed E-state index contributed by atoms with van der Waals surface area (Å²) < 4.78 is 13.2. The third-order valence-electron chi connectivity index (χ3n) is 10.8. The first-order chi connectivity index (χ1) is 26.3. The number of piperidine rings is 3. The highest BCUT2D eigenvalue weighted by atomic mass is 19.0. The molecule has 5 heterocycles. The summed E-state index contributed by atoms with van der Waals surface area (Å²) >= 11 is 0. The molecular formula is C42H45F2N5O7. The quantitative estimate of drug-likeness (QED) is 0.0975. The third-order valence-corrected chi connectivity index (χ3v) is 10.8. The maximum Gasteiger partial charge on any atom is 0.419 e. The molecule has 6 aromatic rings. The van der Waals surface area contributed by atoms with E-state index in [1.807, 2.05) is 60.7 Å². The normalized spacial score (nSPS) is 17.9. The highest BCUT2D eigenvalue weighted by Crippen LogP contribution is 2.33. The van der Waals surface area contributed by atoms with Gasteiger partial charge in [0.15, 0.2) is 5.58 Å². The van der Waals surface area contributed by atoms with Gasteiger partial charge in [-0.25, -0.2) is 9.59 Å². The molecule has 0 spiro atoms. The number of aryl methyl sites for hydroxylation is 2. The van der Waals surface area contributed by atoms with Crippen LogP contribution in [0.3, 0.4) is 0 Å². The number of phenolic OH excluding ortho intramolecular Hbond substituents is 1. The molecule has 4 aromatic carbocycles. The first-order valence-corrected chi connectivity index (χ1v) is 18.5. The minimum atomic E-state index is -0.896. The zero-order valence-corrected chi connectivity index (χ0v) is 30.6. The number of benzene rings is 4. The van der Waals surface area contributed by atoms with E-state index in [2.05, 4.69) is 26.6 Å². The van der Waals surface area contributed by atoms with Crippen molar-refractivity contribution in [2.45, 2.75) is 51.0 Å². The largest absolute Gasteiger partial charge is 0.506 e. The van der Waals surface area contributed by atoms with Gasteiger partial charge in [-0.15, -0.1) is 0 Å². The Hall–Kier alpha value is -5.83. The van der Waals surface area contributed by atoms with Crippen LogP contribution in [0.15, 0.2) is 105 Å². The molecule has 56 heavy (non-hydrogen) atoms. The van der Waals surface area contributed by atoms with Gasteiger partial charge in [0.25, 0.3) is 0 Å². The van der Waals surface area contributed by atoms with Crippen molar-refractivity contribution in [3.63, 3.8) is 0 Å². The second kappa shape index (κ2) is 17.3. The third kappa shape index (κ3) is 8.52. The van der Waals surface area contributed by atoms with Gasteiger partial charge in [-0.05, 0) is 97.3 Å². The van der Waals surface area contributed by atoms with E-state index in [-0.39, 0.29) is 38.9 Å². The second-order valence-electron chi connectivity index (χ2n) is 14.3. The Morgan fingerprint density at radius 3 is 2.50 bits per heavy atom. The Morgan fingerprint density at radius 2 is 1.73 bits per heavy atom. The molecule has 12 nitrogen and oxygen atoms in total. The number of aliphatic hydroxyl groups excluding tert-OH is 1. The lowest BCUT2D eigenvalue weighted by atomic mass is 9.86. The number of amides is 1. The van der Waals surface area contributed by atoms with Crippen LogP contribution in [0, 0.1) is 5.92 Å². The van der Waals surface area contributed by atoms with Crippen molar-refractivity contribution in [1.82, 2.24) is 19.8 Å². The number of anilines is 1. The molecule has 1 amide bonds. The number of fused-ring (bicyclic) bond motifs is 5. The second-order valence-corrected chi connectivity index (χ2v) is 14.3. The Morgan fingerprint density at radius 1 is 0.946 bits per heavy atom. The number of nitrogens with zero attached hydrogens (tertiary/aromatic N) is 2. The van der Waals surface area contributed by atoms with Crippen molar-refractivity contribution in [3.05, 3.63) is 129 Å². The van der Waals surface area contributed by atoms with E-state index in [0.29, 0.717) is 59.6 Å². The smallest absolute Gasteiger partial charge is 0.419 e. The lowest BCUT2D eigenvalue weighted by Gasteiger charge is -2.43. The van der Waals surface area contributed by atoms with Gasteiger partial charge in [-0.2, -0.15) is 0 Å². The summed E-state index contributed by atoms with van der Waals surface area (Å²) in [5.74, 6) is -0.0781. The van der Waals surface area contributed by atoms with Crippen molar-refractivity contribution in [3.8, 4) is 16.9 Å². The lowest BCUT2D eigenvalue weighted by Crippen LogP contribution is -2.52. The molecule has 3 aliphatic rings. The number of pyridine rings is 1. The zero-order valence-electron chi connectivity index (χ0n) is 30.6. The van der Waals surface area contributed by atoms with Gasteiger partial charge in [0.1, 0.15) is 11.9 Å². The molecule has 0 aliphatic carbocycles. The lowest BCUT2D eigenvalue weighted by molar-refractivity contribution is -0.0289. The molecule has 9 rings (SSSR count). The van der Waals surface area contributed by atoms with Crippen molar-refractivity contribution >= 4 is 33.8 Å². The van der Waals surface area contributed by atoms with Crippen LogP contribution in [-0.4, -0.2) is 63.0 Å². The topological polar surface area (TPSA) is 162 Å². The fourth-order valence-electron chi connectivity index (χ4n) is 7.93. The SMILES string of the molecule is F.F.O=C(Nc1cc(CCCn2c(=O)oc3cc(CNC[C@H](O)c4ccc(O)c5[nH]c(=O)ccc45)ccc32)ccc1-c1ccccc1)O[C@H]1CN2CCC1CC2. The highest BCUT2D eigenvalue weighted by molar-refractivity contribution is 5.92. The fourth-order valence-corrected chi connectivity index (χ4v) is 7.93. The summed E-state index contributed by atoms with van der Waals surface area (Å²) in [5, 5.41) is 27.9. The van der Waals surface area contributed by atoms with Crippen LogP contribution in [-0.2, 0) is 24.2 Å². The molecule has 3 fully saturated rings. The van der Waals surface area contributed by atoms with Crippen LogP contribution in [0.5, 0.6) is 5.75 Å². The van der Waals surface area contributed by atoms with Crippen LogP contribution < -0.4 is 21.9 Å². The number of rotatable bonds is 12. The first-order valence-electron chi connectivity index (χ1n) is 18.5. The van der Waals surface area contributed by atoms with E-state index in [1.54, 1.807) is 16.7 Å². The standard InChI is InChI=1S/C42H43N5O7.2FH/c48-35-14-11-31(32-12-15-39(50)45-40(32)35)36(49)24-43-23-27-9-13-34-37(22-27)54-42(52)47(34)18-4-5-26-8-10-30(28-6-2-1-3-7-28)33(21-26)44-41(51)53-38-25-46-19-16-29(38)17-20-46;;/h1-3,6-15,21-22,29,36,38,43,48-49H,4-5,16-20,23-25H2,(H,44,51)(H,45,50);2*1H/t36-,38-;;/m0../s1. The zero-order chi connectivity index (χ0) is 37.2. The molecule has 0 radical (unpaired) electrons. The number of nitrogens with one attached hydrogen (secondary N) is 3. The van der Waals surface area contributed by atoms with Gasteiger partial charge in [0.2, 0.25) is 5.56 Å². The van der Waals surface area contributed by atoms with Crippen LogP contribution in [0.2, 0.25) is 0 Å². The molecule has 3 saturated heterocycles. The number of hydrogen-bond donors (Lipinski definition) is 5. The summed E-state index contributed by atoms with van der Waals surface area (Å²) in [5.41, 5.74) is 6.20. The van der Waals surface area contributed by atoms with Crippen molar-refractivity contribution in [2.75, 3.05) is 31.5 Å². The van der Waals surface area contributed by atoms with Crippen molar-refractivity contribution < 1.29 is 33.6 Å². The predicted molar refractivity (Wildman–Crippen MR) is 212 cm³/mol. The van der Waals surface area contributed by atoms with Gasteiger partial charge in [-0.3, -0.25) is 29.0 Å². The first kappa shape index (κ1) is 39.9. The molecule has 14 heteroatoms. The van der Waals surface area contributed by atoms with Crippen LogP contribution in [0.4, 0.5) is 19.9 Å². The Balaban J connectivity index is 0.00000266. The molecule has 5 N–H and O–H groups in total. The average molecular weight is 770 g/mol. The van der Waals surface area contributed by atoms with E-state index < -0.39 is 18.0 Å². The van der Waals surface area contributed by atoms with Crippen LogP contribution in [0.1, 0.15) is 42.1 Å². The van der Waals surface area contributed by atoms with Gasteiger partial charge in [0, 0.05) is 43.2 Å². The highest BCUT2D eigenvalue weighted by Gasteiger charge is 2.36. The number of H-pyrrole nitrogens is 1. The van der Waals surface area contributed by atoms with E-state index in [9.17, 15) is 24.6 Å². The molecule has 2 bridgehead atoms. The van der Waals surface area contributed by atoms with E-state index in [1.165, 1.54) is 12.1 Å². The van der Waals surface area contributed by atoms with Crippen molar-refractivity contribution in [2.24, 2.45) is 5.92 Å². The summed E-state index contributed by atoms with van der Waals surface area (Å²) in [6.45, 7) is 4.02. The van der Waals surface area contributed by atoms with Gasteiger partial charge in [0.05, 0.1) is 22.8 Å². The molecular weight excluding hydrogens is 724 g/mol. The van der Waals surface area contributed by atoms with Gasteiger partial charge >= 0.3 is 11.8 Å². The van der Waals surface area contributed by atoms with Gasteiger partial charge in [-0.1, -0.05) is 54.6 Å². The molecule has 294 valence electrons. The maximum absolute atomic E-state index is 13.2. The number of carbonyl (C=O) groups excluding carboxylic acids is 1. The summed E-state index contributed by atoms with van der Waals surface area (Å²) in [4.78, 5) is 42.8. The number of carbonyl (C=O) groups is 1. The molecule has 3 aliphatic heterocycles. The van der Waals surface area contributed by atoms with E-state index in [4.69, 9.17) is 9.15 Å². The summed E-state index contributed by atoms with van der Waals surface area (Å²) in [6.07, 6.45) is 2.05. The summed E-state index contributed by atoms with van der Waals surface area (Å²) in [7, 11) is 0. The molecule has 0 unspecified atom stereocenters. The minimum Gasteiger partial charge on any atom is -0.506 e. The number of aromatic nitrogens is 2. The van der Waals surface area contributed by atoms with Crippen molar-refractivity contribution in [1.29, 1.82) is 0 Å². The van der Waals surface area contributed by atoms with Gasteiger partial charge < -0.3 is 29.7 Å². The molecule has 2 atom stereocenters. The molecule has 2 aromatic heterocycles. The Bertz CT molecular complexity index is 2420. The summed E-state index contributed by atoms with van der Waals surface area (Å²) in [6, 6.07) is 27.7. The predicted octanol–water partition coefficient (Wildman–Crippen LogP) is 6.21. The number of aromatic amines is 1. The fraction of sp³-hybridized carbons (Fsp3) is 0.310. The number of phenols is 1. The Kier molecular flexibility index (Phi) is 12.3. The van der Waals surface area contributed by atoms with Crippen LogP contribution >= 0.6 is 0 Å². The van der Waals surface area contributed by atoms with E-state index >= 15 is 0 Å². The number of ether oxygens (including phenoxy) is 1. The van der Waals surface area contributed by atoms with E-state index in [0.717, 1.165) is 54.7 Å². The number of halogens is 2. The minimum absolute atomic E-state index is 0. The number of aliphatic hydroxyl groups is 1. The monoisotopic (exact) mass is 769 g/mol. The number of aromatic hydroxyl groups is 1. The number of hydrogen-bond acceptors (Lipinski definition) is 9. The maximum atomic E-state index is 13.2. The van der Waals surface area contributed by atoms with Crippen LogP contribution in [0.25, 0.3) is 33.1 Å². The number of oxazole rings is 1. The Labute approximate surface area is 320 Å². The average Bonchev–Trinajstić information content (AvgIpc) is 3.49.